The van der Waals surface area contributed by atoms with Gasteiger partial charge >= 0.3 is 0 Å². The largest absolute Gasteiger partial charge is 0.375 e. The van der Waals surface area contributed by atoms with Crippen LogP contribution < -0.4 is 0 Å². The SMILES string of the molecule is CC(C)(C)CCCCC1(COC(C)(C)C)CCC1. The van der Waals surface area contributed by atoms with Crippen LogP contribution in [0.3, 0.4) is 0 Å². The van der Waals surface area contributed by atoms with E-state index in [4.69, 9.17) is 4.74 Å². The molecule has 0 N–H and O–H groups in total. The molecule has 1 heteroatoms. The lowest BCUT2D eigenvalue weighted by atomic mass is 9.66. The third kappa shape index (κ3) is 6.22. The molecule has 0 radical (unpaired) electrons. The molecule has 1 nitrogen and oxygen atoms in total. The van der Waals surface area contributed by atoms with E-state index in [0.29, 0.717) is 10.8 Å². The quantitative estimate of drug-likeness (QED) is 0.562. The highest BCUT2D eigenvalue weighted by Gasteiger charge is 2.37. The van der Waals surface area contributed by atoms with Gasteiger partial charge < -0.3 is 4.74 Å². The second-order valence-corrected chi connectivity index (χ2v) is 8.52. The van der Waals surface area contributed by atoms with Gasteiger partial charge in [0.05, 0.1) is 12.2 Å². The lowest BCUT2D eigenvalue weighted by Crippen LogP contribution is -2.37. The Morgan fingerprint density at radius 2 is 1.56 bits per heavy atom. The van der Waals surface area contributed by atoms with E-state index < -0.39 is 0 Å². The highest BCUT2D eigenvalue weighted by molar-refractivity contribution is 4.88. The van der Waals surface area contributed by atoms with E-state index in [1.807, 2.05) is 0 Å². The third-order valence-corrected chi connectivity index (χ3v) is 4.11. The van der Waals surface area contributed by atoms with E-state index >= 15 is 0 Å². The van der Waals surface area contributed by atoms with Gasteiger partial charge in [-0.05, 0) is 57.3 Å². The lowest BCUT2D eigenvalue weighted by Gasteiger charge is -2.43. The third-order valence-electron chi connectivity index (χ3n) is 4.11. The molecular formula is C17H34O. The summed E-state index contributed by atoms with van der Waals surface area (Å²) in [4.78, 5) is 0. The molecule has 0 saturated heterocycles. The van der Waals surface area contributed by atoms with Gasteiger partial charge in [0.2, 0.25) is 0 Å². The Morgan fingerprint density at radius 1 is 0.944 bits per heavy atom. The zero-order valence-electron chi connectivity index (χ0n) is 13.6. The van der Waals surface area contributed by atoms with Gasteiger partial charge in [0, 0.05) is 0 Å². The molecule has 0 aliphatic heterocycles. The minimum atomic E-state index is 0.0218. The second kappa shape index (κ2) is 5.94. The van der Waals surface area contributed by atoms with Crippen LogP contribution in [0.1, 0.15) is 86.5 Å². The van der Waals surface area contributed by atoms with Crippen LogP contribution in [-0.4, -0.2) is 12.2 Å². The first-order chi connectivity index (χ1) is 8.12. The Bertz CT molecular complexity index is 237. The van der Waals surface area contributed by atoms with Gasteiger partial charge in [-0.1, -0.05) is 40.0 Å². The van der Waals surface area contributed by atoms with E-state index in [2.05, 4.69) is 41.5 Å². The Balaban J connectivity index is 2.24. The molecular weight excluding hydrogens is 220 g/mol. The fourth-order valence-electron chi connectivity index (χ4n) is 2.67. The second-order valence-electron chi connectivity index (χ2n) is 8.52. The van der Waals surface area contributed by atoms with Crippen molar-refractivity contribution in [3.05, 3.63) is 0 Å². The summed E-state index contributed by atoms with van der Waals surface area (Å²) in [6.07, 6.45) is 9.66. The van der Waals surface area contributed by atoms with Crippen LogP contribution in [0.4, 0.5) is 0 Å². The van der Waals surface area contributed by atoms with Crippen LogP contribution in [0.5, 0.6) is 0 Å². The number of rotatable bonds is 6. The van der Waals surface area contributed by atoms with Gasteiger partial charge in [-0.2, -0.15) is 0 Å². The molecule has 108 valence electrons. The normalized spacial score (nSPS) is 19.7. The summed E-state index contributed by atoms with van der Waals surface area (Å²) >= 11 is 0. The summed E-state index contributed by atoms with van der Waals surface area (Å²) in [7, 11) is 0. The van der Waals surface area contributed by atoms with Crippen molar-refractivity contribution in [1.29, 1.82) is 0 Å². The Hall–Kier alpha value is -0.0400. The molecule has 0 unspecified atom stereocenters. The molecule has 0 bridgehead atoms. The molecule has 1 saturated carbocycles. The fraction of sp³-hybridized carbons (Fsp3) is 1.00. The fourth-order valence-corrected chi connectivity index (χ4v) is 2.67. The Kier molecular flexibility index (Phi) is 5.29. The number of ether oxygens (including phenoxy) is 1. The zero-order valence-corrected chi connectivity index (χ0v) is 13.6. The van der Waals surface area contributed by atoms with Crippen molar-refractivity contribution in [2.24, 2.45) is 10.8 Å². The predicted molar refractivity (Wildman–Crippen MR) is 79.9 cm³/mol. The maximum atomic E-state index is 6.03. The lowest BCUT2D eigenvalue weighted by molar-refractivity contribution is -0.0823. The smallest absolute Gasteiger partial charge is 0.0598 e. The maximum absolute atomic E-state index is 6.03. The molecule has 1 fully saturated rings. The van der Waals surface area contributed by atoms with Crippen molar-refractivity contribution in [3.63, 3.8) is 0 Å². The minimum Gasteiger partial charge on any atom is -0.375 e. The average molecular weight is 254 g/mol. The summed E-state index contributed by atoms with van der Waals surface area (Å²) in [5, 5.41) is 0. The Labute approximate surface area is 115 Å². The zero-order chi connectivity index (χ0) is 13.9. The summed E-state index contributed by atoms with van der Waals surface area (Å²) in [5.41, 5.74) is 1.05. The van der Waals surface area contributed by atoms with E-state index in [1.54, 1.807) is 0 Å². The first kappa shape index (κ1) is 16.0. The van der Waals surface area contributed by atoms with Gasteiger partial charge in [0.25, 0.3) is 0 Å². The van der Waals surface area contributed by atoms with Crippen molar-refractivity contribution in [3.8, 4) is 0 Å². The van der Waals surface area contributed by atoms with Gasteiger partial charge in [-0.25, -0.2) is 0 Å². The molecule has 0 atom stereocenters. The van der Waals surface area contributed by atoms with Crippen LogP contribution >= 0.6 is 0 Å². The van der Waals surface area contributed by atoms with E-state index in [9.17, 15) is 0 Å². The van der Waals surface area contributed by atoms with Gasteiger partial charge in [-0.15, -0.1) is 0 Å². The highest BCUT2D eigenvalue weighted by atomic mass is 16.5. The van der Waals surface area contributed by atoms with Crippen LogP contribution in [0, 0.1) is 10.8 Å². The molecule has 1 rings (SSSR count). The van der Waals surface area contributed by atoms with Crippen LogP contribution in [0.25, 0.3) is 0 Å². The summed E-state index contributed by atoms with van der Waals surface area (Å²) in [5.74, 6) is 0. The summed E-state index contributed by atoms with van der Waals surface area (Å²) in [6, 6.07) is 0. The van der Waals surface area contributed by atoms with Crippen LogP contribution in [0.15, 0.2) is 0 Å². The summed E-state index contributed by atoms with van der Waals surface area (Å²) < 4.78 is 6.03. The van der Waals surface area contributed by atoms with Crippen molar-refractivity contribution in [1.82, 2.24) is 0 Å². The molecule has 0 aromatic heterocycles. The average Bonchev–Trinajstić information content (AvgIpc) is 2.11. The van der Waals surface area contributed by atoms with Crippen molar-refractivity contribution >= 4 is 0 Å². The molecule has 0 aromatic rings. The molecule has 0 amide bonds. The molecule has 0 spiro atoms. The number of hydrogen-bond acceptors (Lipinski definition) is 1. The van der Waals surface area contributed by atoms with Crippen molar-refractivity contribution < 1.29 is 4.74 Å². The molecule has 18 heavy (non-hydrogen) atoms. The highest BCUT2D eigenvalue weighted by Crippen LogP contribution is 2.46. The van der Waals surface area contributed by atoms with Crippen molar-refractivity contribution in [2.75, 3.05) is 6.61 Å². The van der Waals surface area contributed by atoms with E-state index in [0.717, 1.165) is 6.61 Å². The number of hydrogen-bond donors (Lipinski definition) is 0. The molecule has 0 aromatic carbocycles. The van der Waals surface area contributed by atoms with Crippen molar-refractivity contribution in [2.45, 2.75) is 92.1 Å². The van der Waals surface area contributed by atoms with Crippen LogP contribution in [0.2, 0.25) is 0 Å². The molecule has 1 aliphatic carbocycles. The summed E-state index contributed by atoms with van der Waals surface area (Å²) in [6.45, 7) is 14.5. The first-order valence-electron chi connectivity index (χ1n) is 7.76. The van der Waals surface area contributed by atoms with E-state index in [1.165, 1.54) is 44.9 Å². The van der Waals surface area contributed by atoms with Gasteiger partial charge in [0.1, 0.15) is 0 Å². The minimum absolute atomic E-state index is 0.0218. The maximum Gasteiger partial charge on any atom is 0.0598 e. The first-order valence-corrected chi connectivity index (χ1v) is 7.76. The van der Waals surface area contributed by atoms with E-state index in [-0.39, 0.29) is 5.60 Å². The number of unbranched alkanes of at least 4 members (excludes halogenated alkanes) is 1. The Morgan fingerprint density at radius 3 is 1.94 bits per heavy atom. The standard InChI is InChI=1S/C17H34O/c1-15(2,3)10-7-8-11-17(12-9-13-17)14-18-16(4,5)6/h7-14H2,1-6H3. The van der Waals surface area contributed by atoms with Crippen LogP contribution in [-0.2, 0) is 4.74 Å². The van der Waals surface area contributed by atoms with Gasteiger partial charge in [-0.3, -0.25) is 0 Å². The van der Waals surface area contributed by atoms with Gasteiger partial charge in [0.15, 0.2) is 0 Å². The predicted octanol–water partition coefficient (Wildman–Crippen LogP) is 5.58. The molecule has 1 aliphatic rings. The topological polar surface area (TPSA) is 9.23 Å². The molecule has 0 heterocycles. The monoisotopic (exact) mass is 254 g/mol.